The highest BCUT2D eigenvalue weighted by Gasteiger charge is 2.45. The van der Waals surface area contributed by atoms with Crippen LogP contribution in [-0.2, 0) is 36.5 Å². The minimum absolute atomic E-state index is 0.0514. The fraction of sp³-hybridized carbons (Fsp3) is 0.723. The molecule has 1 aromatic heterocycles. The highest BCUT2D eigenvalue weighted by atomic mass is 28.4. The molecule has 10 atom stereocenters. The molecule has 0 bridgehead atoms. The van der Waals surface area contributed by atoms with Crippen LogP contribution in [-0.4, -0.2) is 56.7 Å². The van der Waals surface area contributed by atoms with Gasteiger partial charge in [0, 0.05) is 53.6 Å². The van der Waals surface area contributed by atoms with Gasteiger partial charge >= 0.3 is 5.97 Å². The first-order chi connectivity index (χ1) is 26.8. The number of hydrogen-bond donors (Lipinski definition) is 1. The Bertz CT molecular complexity index is 1590. The van der Waals surface area contributed by atoms with Crippen LogP contribution in [0.3, 0.4) is 0 Å². The maximum absolute atomic E-state index is 14.4. The average Bonchev–Trinajstić information content (AvgIpc) is 3.21. The number of aliphatic hydroxyl groups excluding tert-OH is 1. The van der Waals surface area contributed by atoms with Crippen molar-refractivity contribution >= 4 is 20.1 Å². The summed E-state index contributed by atoms with van der Waals surface area (Å²) in [5.74, 6) is -1.16. The molecule has 0 saturated heterocycles. The Hall–Kier alpha value is -2.79. The van der Waals surface area contributed by atoms with Crippen LogP contribution >= 0.6 is 0 Å². The topological polar surface area (TPSA) is 122 Å². The lowest BCUT2D eigenvalue weighted by Crippen LogP contribution is -2.50. The van der Waals surface area contributed by atoms with Crippen molar-refractivity contribution in [1.82, 2.24) is 0 Å². The molecular weight excluding hydrogens is 737 g/mol. The Morgan fingerprint density at radius 2 is 1.37 bits per heavy atom. The third kappa shape index (κ3) is 12.8. The van der Waals surface area contributed by atoms with E-state index in [9.17, 15) is 19.5 Å². The molecule has 0 saturated carbocycles. The summed E-state index contributed by atoms with van der Waals surface area (Å²) in [6, 6.07) is 10.6. The smallest absolute Gasteiger partial charge is 0.306 e. The molecule has 2 rings (SSSR count). The van der Waals surface area contributed by atoms with Gasteiger partial charge in [0.1, 0.15) is 29.2 Å². The molecule has 0 amide bonds. The minimum Gasteiger partial charge on any atom is -0.497 e. The summed E-state index contributed by atoms with van der Waals surface area (Å²) in [4.78, 5) is 41.5. The largest absolute Gasteiger partial charge is 0.497 e. The third-order valence-corrected chi connectivity index (χ3v) is 17.5. The number of benzene rings is 1. The summed E-state index contributed by atoms with van der Waals surface area (Å²) in [6.45, 7) is 30.0. The first-order valence-corrected chi connectivity index (χ1v) is 24.3. The molecule has 0 unspecified atom stereocenters. The van der Waals surface area contributed by atoms with Gasteiger partial charge in [-0.3, -0.25) is 14.4 Å². The molecule has 0 radical (unpaired) electrons. The fourth-order valence-electron chi connectivity index (χ4n) is 8.43. The molecule has 1 heterocycles. The molecular formula is C47H78O9Si. The number of carbonyl (C=O) groups is 2. The highest BCUT2D eigenvalue weighted by molar-refractivity contribution is 6.73. The van der Waals surface area contributed by atoms with Crippen LogP contribution in [0, 0.1) is 49.4 Å². The zero-order valence-corrected chi connectivity index (χ0v) is 39.3. The van der Waals surface area contributed by atoms with Crippen LogP contribution in [0.15, 0.2) is 33.5 Å². The molecule has 9 nitrogen and oxygen atoms in total. The zero-order chi connectivity index (χ0) is 43.4. The first-order valence-electron chi connectivity index (χ1n) is 21.7. The van der Waals surface area contributed by atoms with Gasteiger partial charge in [-0.25, -0.2) is 0 Å². The molecule has 2 aromatic rings. The Morgan fingerprint density at radius 3 is 1.86 bits per heavy atom. The van der Waals surface area contributed by atoms with Gasteiger partial charge in [0.25, 0.3) is 0 Å². The molecule has 0 aliphatic carbocycles. The highest BCUT2D eigenvalue weighted by Crippen LogP contribution is 2.38. The van der Waals surface area contributed by atoms with E-state index in [2.05, 4.69) is 34.6 Å². The number of ketones is 1. The van der Waals surface area contributed by atoms with E-state index in [0.717, 1.165) is 35.9 Å². The average molecular weight is 815 g/mol. The van der Waals surface area contributed by atoms with E-state index in [-0.39, 0.29) is 48.1 Å². The minimum atomic E-state index is -2.04. The number of ether oxygens (including phenoxy) is 3. The summed E-state index contributed by atoms with van der Waals surface area (Å²) in [6.07, 6.45) is -1.23. The van der Waals surface area contributed by atoms with Crippen molar-refractivity contribution in [2.45, 2.75) is 178 Å². The van der Waals surface area contributed by atoms with E-state index in [0.29, 0.717) is 29.1 Å². The number of aryl methyl sites for hydroxylation is 1. The van der Waals surface area contributed by atoms with Gasteiger partial charge in [-0.15, -0.1) is 0 Å². The Kier molecular flexibility index (Phi) is 20.4. The number of Topliss-reactive ketones (excluding diaryl/α,β-unsaturated/α-hetero) is 1. The summed E-state index contributed by atoms with van der Waals surface area (Å²) in [5.41, 5.74) is 1.94. The van der Waals surface area contributed by atoms with E-state index in [1.165, 1.54) is 0 Å². The molecule has 0 aliphatic heterocycles. The van der Waals surface area contributed by atoms with Gasteiger partial charge in [-0.1, -0.05) is 109 Å². The maximum atomic E-state index is 14.4. The van der Waals surface area contributed by atoms with Gasteiger partial charge in [0.2, 0.25) is 0 Å². The van der Waals surface area contributed by atoms with Gasteiger partial charge < -0.3 is 28.2 Å². The number of carbonyl (C=O) groups excluding carboxylic acids is 2. The normalized spacial score (nSPS) is 17.5. The van der Waals surface area contributed by atoms with Crippen LogP contribution < -0.4 is 10.2 Å². The molecule has 1 aromatic carbocycles. The van der Waals surface area contributed by atoms with Crippen molar-refractivity contribution in [2.24, 2.45) is 35.5 Å². The predicted octanol–water partition coefficient (Wildman–Crippen LogP) is 10.4. The third-order valence-electron chi connectivity index (χ3n) is 12.9. The number of hydrogen-bond acceptors (Lipinski definition) is 9. The Labute approximate surface area is 346 Å². The molecule has 0 aliphatic rings. The van der Waals surface area contributed by atoms with E-state index in [1.807, 2.05) is 72.7 Å². The van der Waals surface area contributed by atoms with Gasteiger partial charge in [-0.2, -0.15) is 0 Å². The van der Waals surface area contributed by atoms with Gasteiger partial charge in [0.05, 0.1) is 32.0 Å². The molecule has 57 heavy (non-hydrogen) atoms. The van der Waals surface area contributed by atoms with Crippen LogP contribution in [0.1, 0.15) is 137 Å². The van der Waals surface area contributed by atoms with Crippen molar-refractivity contribution in [3.8, 4) is 5.75 Å². The lowest BCUT2D eigenvalue weighted by molar-refractivity contribution is -0.167. The number of rotatable bonds is 25. The zero-order valence-electron chi connectivity index (χ0n) is 38.3. The first kappa shape index (κ1) is 50.4. The van der Waals surface area contributed by atoms with E-state index >= 15 is 0 Å². The molecule has 1 N–H and O–H groups in total. The van der Waals surface area contributed by atoms with Crippen molar-refractivity contribution < 1.29 is 37.7 Å². The number of aliphatic hydroxyl groups is 1. The van der Waals surface area contributed by atoms with Crippen LogP contribution in [0.5, 0.6) is 5.75 Å². The maximum Gasteiger partial charge on any atom is 0.306 e. The van der Waals surface area contributed by atoms with Crippen LogP contribution in [0.2, 0.25) is 18.1 Å². The van der Waals surface area contributed by atoms with Crippen molar-refractivity contribution in [2.75, 3.05) is 7.11 Å². The number of esters is 1. The van der Waals surface area contributed by atoms with Crippen LogP contribution in [0.25, 0.3) is 0 Å². The number of methoxy groups -OCH3 is 1. The summed E-state index contributed by atoms with van der Waals surface area (Å²) in [5, 5.41) is 12.2. The second kappa shape index (κ2) is 23.1. The molecule has 324 valence electrons. The van der Waals surface area contributed by atoms with E-state index in [4.69, 9.17) is 23.1 Å². The van der Waals surface area contributed by atoms with Gasteiger partial charge in [0.15, 0.2) is 13.7 Å². The Balaban J connectivity index is 2.65. The SMILES string of the molecule is CCc1oc([C@@H](C)[C@@H](OCc2ccc(OC)cc2)[C@H](C)[C@@H](OC(=O)CC(C)C)[C@@H](C)[C@H](O)[C@H](C)C(=O)[C@H](C)[C@@H](O[Si](CC)(CC)CC)[C@@H](C)CC)c(C)c(=O)c1C. The van der Waals surface area contributed by atoms with Gasteiger partial charge in [-0.05, 0) is 61.5 Å². The quantitative estimate of drug-likeness (QED) is 0.0771. The molecule has 0 spiro atoms. The predicted molar refractivity (Wildman–Crippen MR) is 232 cm³/mol. The Morgan fingerprint density at radius 1 is 0.789 bits per heavy atom. The van der Waals surface area contributed by atoms with Crippen LogP contribution in [0.4, 0.5) is 0 Å². The lowest BCUT2D eigenvalue weighted by Gasteiger charge is -2.41. The second-order valence-electron chi connectivity index (χ2n) is 17.2. The van der Waals surface area contributed by atoms with E-state index < -0.39 is 56.2 Å². The van der Waals surface area contributed by atoms with E-state index in [1.54, 1.807) is 27.9 Å². The van der Waals surface area contributed by atoms with Crippen molar-refractivity contribution in [1.29, 1.82) is 0 Å². The molecule has 10 heteroatoms. The fourth-order valence-corrected chi connectivity index (χ4v) is 11.4. The lowest BCUT2D eigenvalue weighted by atomic mass is 9.75. The summed E-state index contributed by atoms with van der Waals surface area (Å²) >= 11 is 0. The molecule has 0 fully saturated rings. The summed E-state index contributed by atoms with van der Waals surface area (Å²) < 4.78 is 32.0. The second-order valence-corrected chi connectivity index (χ2v) is 21.9. The van der Waals surface area contributed by atoms with Crippen molar-refractivity contribution in [3.63, 3.8) is 0 Å². The standard InChI is InChI=1S/C47H78O9Si/c1-17-29(8)44(56-57(19-3,20-4)21-5)32(11)42(50)31(10)43(51)34(13)47(55-40(48)26-28(6)7)36(15)45(53-27-37-22-24-38(52-16)25-23-37)35(14)46-33(12)41(49)30(9)39(18-2)54-46/h22-25,28-29,31-32,34-36,43-45,47,51H,17-21,26-27H2,1-16H3/t29-,31+,32-,34-,35-,36-,43+,44-,45+,47-/m0/s1. The van der Waals surface area contributed by atoms with Crippen molar-refractivity contribution in [3.05, 3.63) is 62.7 Å². The monoisotopic (exact) mass is 815 g/mol. The summed E-state index contributed by atoms with van der Waals surface area (Å²) in [7, 11) is -0.424.